The Bertz CT molecular complexity index is 763. The van der Waals surface area contributed by atoms with Crippen molar-refractivity contribution < 1.29 is 32.1 Å². The molecule has 0 aliphatic heterocycles. The topological polar surface area (TPSA) is 105 Å². The highest BCUT2D eigenvalue weighted by atomic mass is 19.4. The van der Waals surface area contributed by atoms with E-state index in [2.05, 4.69) is 30.7 Å². The van der Waals surface area contributed by atoms with Crippen LogP contribution in [0, 0.1) is 5.82 Å². The maximum absolute atomic E-state index is 13.3. The van der Waals surface area contributed by atoms with Gasteiger partial charge in [-0.1, -0.05) is 5.16 Å². The van der Waals surface area contributed by atoms with Crippen molar-refractivity contribution in [2.75, 3.05) is 30.9 Å². The van der Waals surface area contributed by atoms with Crippen LogP contribution in [-0.2, 0) is 10.9 Å². The predicted octanol–water partition coefficient (Wildman–Crippen LogP) is 2.92. The van der Waals surface area contributed by atoms with E-state index in [1.165, 1.54) is 0 Å². The smallest absolute Gasteiger partial charge is 0.409 e. The van der Waals surface area contributed by atoms with Crippen molar-refractivity contribution in [1.29, 1.82) is 0 Å². The second kappa shape index (κ2) is 8.47. The minimum absolute atomic E-state index is 0.0669. The molecule has 0 saturated heterocycles. The molecular formula is C14H15F4N5O3. The van der Waals surface area contributed by atoms with Gasteiger partial charge in [-0.15, -0.1) is 0 Å². The summed E-state index contributed by atoms with van der Waals surface area (Å²) in [7, 11) is 1.54. The molecule has 0 radical (unpaired) electrons. The van der Waals surface area contributed by atoms with Crippen LogP contribution in [0.15, 0.2) is 28.0 Å². The quantitative estimate of drug-likeness (QED) is 0.170. The Labute approximate surface area is 144 Å². The van der Waals surface area contributed by atoms with Crippen LogP contribution in [0.5, 0.6) is 0 Å². The number of hydrogen-bond acceptors (Lipinski definition) is 7. The summed E-state index contributed by atoms with van der Waals surface area (Å²) < 4.78 is 61.1. The van der Waals surface area contributed by atoms with Crippen molar-refractivity contribution in [1.82, 2.24) is 10.3 Å². The monoisotopic (exact) mass is 377 g/mol. The van der Waals surface area contributed by atoms with Crippen LogP contribution in [0.3, 0.4) is 0 Å². The first-order valence-electron chi connectivity index (χ1n) is 7.28. The lowest BCUT2D eigenvalue weighted by molar-refractivity contribution is -0.139. The van der Waals surface area contributed by atoms with Gasteiger partial charge in [-0.2, -0.15) is 13.2 Å². The summed E-state index contributed by atoms with van der Waals surface area (Å²) in [4.78, 5) is 0. The molecule has 0 fully saturated rings. The molecule has 8 nitrogen and oxygen atoms in total. The molecule has 0 bridgehead atoms. The average Bonchev–Trinajstić information content (AvgIpc) is 3.05. The predicted molar refractivity (Wildman–Crippen MR) is 82.6 cm³/mol. The Hall–Kier alpha value is -2.89. The van der Waals surface area contributed by atoms with Gasteiger partial charge in [-0.05, 0) is 34.9 Å². The number of nitrogens with zero attached hydrogens (tertiary/aromatic N) is 3. The number of amidine groups is 1. The second-order valence-corrected chi connectivity index (χ2v) is 5.00. The van der Waals surface area contributed by atoms with Crippen molar-refractivity contribution >= 4 is 17.3 Å². The minimum Gasteiger partial charge on any atom is -0.409 e. The highest BCUT2D eigenvalue weighted by molar-refractivity contribution is 6.09. The van der Waals surface area contributed by atoms with Crippen LogP contribution < -0.4 is 10.6 Å². The molecule has 26 heavy (non-hydrogen) atoms. The number of halogens is 4. The number of ether oxygens (including phenoxy) is 1. The zero-order valence-corrected chi connectivity index (χ0v) is 13.5. The third-order valence-electron chi connectivity index (χ3n) is 3.17. The number of nitrogens with one attached hydrogen (secondary N) is 2. The molecule has 0 aliphatic rings. The van der Waals surface area contributed by atoms with E-state index in [9.17, 15) is 17.6 Å². The van der Waals surface area contributed by atoms with Crippen molar-refractivity contribution in [3.8, 4) is 0 Å². The summed E-state index contributed by atoms with van der Waals surface area (Å²) in [6.45, 7) is 0.922. The third kappa shape index (κ3) is 4.81. The Kier molecular flexibility index (Phi) is 6.33. The summed E-state index contributed by atoms with van der Waals surface area (Å²) in [5.41, 5.74) is -1.70. The molecule has 2 aromatic rings. The number of rotatable bonds is 7. The van der Waals surface area contributed by atoms with Gasteiger partial charge in [0.05, 0.1) is 5.56 Å². The summed E-state index contributed by atoms with van der Waals surface area (Å²) in [5, 5.41) is 24.5. The molecule has 3 N–H and O–H groups in total. The van der Waals surface area contributed by atoms with E-state index in [0.717, 1.165) is 6.07 Å². The van der Waals surface area contributed by atoms with Gasteiger partial charge in [0.2, 0.25) is 11.7 Å². The Morgan fingerprint density at radius 1 is 1.35 bits per heavy atom. The van der Waals surface area contributed by atoms with E-state index in [1.54, 1.807) is 7.11 Å². The Morgan fingerprint density at radius 2 is 2.12 bits per heavy atom. The number of oxime groups is 1. The summed E-state index contributed by atoms with van der Waals surface area (Å²) in [6, 6.07) is 2.24. The number of aromatic nitrogens is 2. The maximum Gasteiger partial charge on any atom is 0.419 e. The highest BCUT2D eigenvalue weighted by Gasteiger charge is 2.34. The van der Waals surface area contributed by atoms with Gasteiger partial charge >= 0.3 is 6.18 Å². The SMILES string of the molecule is COCCCNc1nonc1/C(=N\O)Nc1ccc(F)c(C(F)(F)F)c1. The first kappa shape index (κ1) is 19.4. The van der Waals surface area contributed by atoms with Gasteiger partial charge in [-0.3, -0.25) is 0 Å². The van der Waals surface area contributed by atoms with Gasteiger partial charge < -0.3 is 20.6 Å². The average molecular weight is 377 g/mol. The van der Waals surface area contributed by atoms with E-state index in [1.807, 2.05) is 0 Å². The summed E-state index contributed by atoms with van der Waals surface area (Å²) in [5.74, 6) is -1.64. The van der Waals surface area contributed by atoms with Gasteiger partial charge in [0.25, 0.3) is 0 Å². The van der Waals surface area contributed by atoms with E-state index in [0.29, 0.717) is 31.7 Å². The van der Waals surface area contributed by atoms with E-state index < -0.39 is 17.6 Å². The molecule has 0 aliphatic carbocycles. The molecule has 12 heteroatoms. The molecule has 0 unspecified atom stereocenters. The van der Waals surface area contributed by atoms with Crippen LogP contribution in [0.2, 0.25) is 0 Å². The van der Waals surface area contributed by atoms with Gasteiger partial charge in [0, 0.05) is 25.9 Å². The normalized spacial score (nSPS) is 12.3. The molecule has 0 atom stereocenters. The van der Waals surface area contributed by atoms with Crippen molar-refractivity contribution in [2.45, 2.75) is 12.6 Å². The molecule has 0 saturated carbocycles. The fourth-order valence-electron chi connectivity index (χ4n) is 1.97. The van der Waals surface area contributed by atoms with Crippen molar-refractivity contribution in [3.05, 3.63) is 35.3 Å². The lowest BCUT2D eigenvalue weighted by atomic mass is 10.1. The van der Waals surface area contributed by atoms with Crippen LogP contribution in [-0.4, -0.2) is 41.6 Å². The van der Waals surface area contributed by atoms with Crippen LogP contribution in [0.4, 0.5) is 29.1 Å². The number of hydrogen-bond donors (Lipinski definition) is 3. The number of alkyl halides is 3. The fraction of sp³-hybridized carbons (Fsp3) is 0.357. The largest absolute Gasteiger partial charge is 0.419 e. The number of anilines is 2. The Morgan fingerprint density at radius 3 is 2.77 bits per heavy atom. The van der Waals surface area contributed by atoms with Gasteiger partial charge in [-0.25, -0.2) is 9.02 Å². The first-order valence-corrected chi connectivity index (χ1v) is 7.28. The molecule has 1 aromatic carbocycles. The maximum atomic E-state index is 13.3. The molecule has 142 valence electrons. The van der Waals surface area contributed by atoms with Crippen LogP contribution in [0.25, 0.3) is 0 Å². The van der Waals surface area contributed by atoms with Crippen LogP contribution in [0.1, 0.15) is 17.7 Å². The third-order valence-corrected chi connectivity index (χ3v) is 3.17. The first-order chi connectivity index (χ1) is 12.4. The zero-order chi connectivity index (χ0) is 19.2. The lowest BCUT2D eigenvalue weighted by Gasteiger charge is -2.12. The molecule has 2 rings (SSSR count). The minimum atomic E-state index is -4.87. The van der Waals surface area contributed by atoms with Gasteiger partial charge in [0.1, 0.15) is 5.82 Å². The standard InChI is InChI=1S/C14H15F4N5O3/c1-25-6-2-5-19-12-11(22-26-23-12)13(21-24)20-8-3-4-10(15)9(7-8)14(16,17)18/h3-4,7,24H,2,5-6H2,1H3,(H,19,23)(H,20,21). The number of methoxy groups -OCH3 is 1. The van der Waals surface area contributed by atoms with Crippen LogP contribution >= 0.6 is 0 Å². The molecule has 0 spiro atoms. The molecular weight excluding hydrogens is 362 g/mol. The molecule has 0 amide bonds. The summed E-state index contributed by atoms with van der Waals surface area (Å²) in [6.07, 6.45) is -4.24. The lowest BCUT2D eigenvalue weighted by Crippen LogP contribution is -2.18. The van der Waals surface area contributed by atoms with E-state index >= 15 is 0 Å². The van der Waals surface area contributed by atoms with Gasteiger partial charge in [0.15, 0.2) is 5.69 Å². The molecule has 1 aromatic heterocycles. The number of benzene rings is 1. The zero-order valence-electron chi connectivity index (χ0n) is 13.5. The highest BCUT2D eigenvalue weighted by Crippen LogP contribution is 2.33. The van der Waals surface area contributed by atoms with Crippen molar-refractivity contribution in [2.24, 2.45) is 5.16 Å². The Balaban J connectivity index is 2.18. The second-order valence-electron chi connectivity index (χ2n) is 5.00. The van der Waals surface area contributed by atoms with E-state index in [4.69, 9.17) is 9.94 Å². The summed E-state index contributed by atoms with van der Waals surface area (Å²) >= 11 is 0. The molecule has 1 heterocycles. The fourth-order valence-corrected chi connectivity index (χ4v) is 1.97. The van der Waals surface area contributed by atoms with E-state index in [-0.39, 0.29) is 23.0 Å². The van der Waals surface area contributed by atoms with Crippen molar-refractivity contribution in [3.63, 3.8) is 0 Å².